The molecule has 0 amide bonds. The Kier molecular flexibility index (Phi) is 17.2. The first-order valence-electron chi connectivity index (χ1n) is 7.86. The molecule has 1 aliphatic carbocycles. The van der Waals surface area contributed by atoms with Crippen LogP contribution in [0, 0.1) is 11.8 Å². The highest BCUT2D eigenvalue weighted by Gasteiger charge is 2.18. The Bertz CT molecular complexity index is 98.6. The van der Waals surface area contributed by atoms with Crippen LogP contribution in [0.25, 0.3) is 0 Å². The standard InChI is InChI=1S/C12H24.2C2H6/c1-3-5-6-12-9-7-11(4-2)8-10-12;2*1-2/h11-12H,3-10H2,1-2H3;2*1-2H3. The lowest BCUT2D eigenvalue weighted by Crippen LogP contribution is -2.13. The second-order valence-corrected chi connectivity index (χ2v) is 4.44. The van der Waals surface area contributed by atoms with Crippen LogP contribution in [0.4, 0.5) is 0 Å². The van der Waals surface area contributed by atoms with Crippen molar-refractivity contribution >= 4 is 0 Å². The Morgan fingerprint density at radius 3 is 1.56 bits per heavy atom. The van der Waals surface area contributed by atoms with Crippen LogP contribution in [0.2, 0.25) is 0 Å². The minimum absolute atomic E-state index is 1.07. The largest absolute Gasteiger partial charge is 0.0683 e. The van der Waals surface area contributed by atoms with Crippen LogP contribution in [0.15, 0.2) is 0 Å². The molecule has 1 fully saturated rings. The molecular formula is C16H36. The van der Waals surface area contributed by atoms with Crippen LogP contribution < -0.4 is 0 Å². The highest BCUT2D eigenvalue weighted by molar-refractivity contribution is 4.71. The highest BCUT2D eigenvalue weighted by atomic mass is 14.2. The molecule has 0 nitrogen and oxygen atoms in total. The topological polar surface area (TPSA) is 0 Å². The van der Waals surface area contributed by atoms with Crippen molar-refractivity contribution < 1.29 is 0 Å². The first-order valence-corrected chi connectivity index (χ1v) is 7.86. The van der Waals surface area contributed by atoms with E-state index >= 15 is 0 Å². The fourth-order valence-corrected chi connectivity index (χ4v) is 2.42. The Balaban J connectivity index is 0. The van der Waals surface area contributed by atoms with Crippen LogP contribution in [-0.4, -0.2) is 0 Å². The molecule has 0 spiro atoms. The molecule has 0 atom stereocenters. The summed E-state index contributed by atoms with van der Waals surface area (Å²) < 4.78 is 0. The summed E-state index contributed by atoms with van der Waals surface area (Å²) in [6.07, 6.45) is 11.9. The smallest absolute Gasteiger partial charge is 0.0414 e. The van der Waals surface area contributed by atoms with E-state index in [1.807, 2.05) is 27.7 Å². The van der Waals surface area contributed by atoms with Gasteiger partial charge >= 0.3 is 0 Å². The van der Waals surface area contributed by atoms with Crippen molar-refractivity contribution in [2.45, 2.75) is 92.9 Å². The normalized spacial score (nSPS) is 23.6. The van der Waals surface area contributed by atoms with Gasteiger partial charge in [-0.2, -0.15) is 0 Å². The molecule has 100 valence electrons. The van der Waals surface area contributed by atoms with Gasteiger partial charge in [-0.3, -0.25) is 0 Å². The zero-order valence-corrected chi connectivity index (χ0v) is 12.8. The number of rotatable bonds is 4. The first kappa shape index (κ1) is 18.4. The average molecular weight is 228 g/mol. The monoisotopic (exact) mass is 228 g/mol. The fourth-order valence-electron chi connectivity index (χ4n) is 2.42. The van der Waals surface area contributed by atoms with Crippen LogP contribution >= 0.6 is 0 Å². The van der Waals surface area contributed by atoms with E-state index in [2.05, 4.69) is 13.8 Å². The van der Waals surface area contributed by atoms with Gasteiger partial charge in [0.25, 0.3) is 0 Å². The Morgan fingerprint density at radius 2 is 1.19 bits per heavy atom. The molecule has 0 aliphatic heterocycles. The summed E-state index contributed by atoms with van der Waals surface area (Å²) >= 11 is 0. The van der Waals surface area contributed by atoms with Crippen molar-refractivity contribution in [3.8, 4) is 0 Å². The zero-order valence-electron chi connectivity index (χ0n) is 12.8. The second kappa shape index (κ2) is 15.0. The van der Waals surface area contributed by atoms with Gasteiger partial charge in [-0.1, -0.05) is 92.9 Å². The van der Waals surface area contributed by atoms with E-state index in [0.29, 0.717) is 0 Å². The van der Waals surface area contributed by atoms with Crippen LogP contribution in [0.1, 0.15) is 92.9 Å². The summed E-state index contributed by atoms with van der Waals surface area (Å²) in [4.78, 5) is 0. The Labute approximate surface area is 105 Å². The predicted molar refractivity (Wildman–Crippen MR) is 78.0 cm³/mol. The Hall–Kier alpha value is 0. The molecule has 0 bridgehead atoms. The maximum Gasteiger partial charge on any atom is -0.0414 e. The van der Waals surface area contributed by atoms with Gasteiger partial charge in [0.15, 0.2) is 0 Å². The van der Waals surface area contributed by atoms with E-state index in [1.54, 1.807) is 0 Å². The molecule has 0 aromatic heterocycles. The molecule has 0 heterocycles. The summed E-state index contributed by atoms with van der Waals surface area (Å²) in [7, 11) is 0. The quantitative estimate of drug-likeness (QED) is 0.519. The maximum atomic E-state index is 2.34. The van der Waals surface area contributed by atoms with Crippen molar-refractivity contribution in [3.63, 3.8) is 0 Å². The van der Waals surface area contributed by atoms with Crippen molar-refractivity contribution in [2.24, 2.45) is 11.8 Å². The molecule has 0 heteroatoms. The van der Waals surface area contributed by atoms with Crippen molar-refractivity contribution in [1.82, 2.24) is 0 Å². The lowest BCUT2D eigenvalue weighted by Gasteiger charge is -2.27. The molecule has 0 aromatic rings. The predicted octanol–water partition coefficient (Wildman–Crippen LogP) is 6.45. The summed E-state index contributed by atoms with van der Waals surface area (Å²) in [6, 6.07) is 0. The molecular weight excluding hydrogens is 192 g/mol. The third-order valence-electron chi connectivity index (χ3n) is 3.51. The van der Waals surface area contributed by atoms with E-state index in [9.17, 15) is 0 Å². The van der Waals surface area contributed by atoms with E-state index in [-0.39, 0.29) is 0 Å². The summed E-state index contributed by atoms with van der Waals surface area (Å²) in [6.45, 7) is 12.6. The molecule has 1 aliphatic rings. The number of hydrogen-bond donors (Lipinski definition) is 0. The Morgan fingerprint density at radius 1 is 0.750 bits per heavy atom. The van der Waals surface area contributed by atoms with Crippen molar-refractivity contribution in [3.05, 3.63) is 0 Å². The van der Waals surface area contributed by atoms with E-state index in [1.165, 1.54) is 51.4 Å². The lowest BCUT2D eigenvalue weighted by molar-refractivity contribution is 0.255. The first-order chi connectivity index (χ1) is 7.86. The molecule has 1 rings (SSSR count). The molecule has 0 saturated heterocycles. The summed E-state index contributed by atoms with van der Waals surface area (Å²) in [5.41, 5.74) is 0. The van der Waals surface area contributed by atoms with Gasteiger partial charge in [-0.05, 0) is 11.8 Å². The van der Waals surface area contributed by atoms with E-state index in [4.69, 9.17) is 0 Å². The van der Waals surface area contributed by atoms with Crippen LogP contribution in [-0.2, 0) is 0 Å². The van der Waals surface area contributed by atoms with Gasteiger partial charge in [0.1, 0.15) is 0 Å². The van der Waals surface area contributed by atoms with Gasteiger partial charge in [0.2, 0.25) is 0 Å². The highest BCUT2D eigenvalue weighted by Crippen LogP contribution is 2.33. The maximum absolute atomic E-state index is 2.34. The van der Waals surface area contributed by atoms with E-state index in [0.717, 1.165) is 11.8 Å². The van der Waals surface area contributed by atoms with Gasteiger partial charge in [-0.25, -0.2) is 0 Å². The van der Waals surface area contributed by atoms with Gasteiger partial charge < -0.3 is 0 Å². The molecule has 1 saturated carbocycles. The molecule has 0 unspecified atom stereocenters. The van der Waals surface area contributed by atoms with Gasteiger partial charge in [-0.15, -0.1) is 0 Å². The minimum Gasteiger partial charge on any atom is -0.0683 e. The minimum atomic E-state index is 1.07. The fraction of sp³-hybridized carbons (Fsp3) is 1.00. The van der Waals surface area contributed by atoms with Crippen LogP contribution in [0.5, 0.6) is 0 Å². The third-order valence-corrected chi connectivity index (χ3v) is 3.51. The summed E-state index contributed by atoms with van der Waals surface area (Å²) in [5.74, 6) is 2.16. The lowest BCUT2D eigenvalue weighted by atomic mass is 9.79. The molecule has 0 radical (unpaired) electrons. The second-order valence-electron chi connectivity index (χ2n) is 4.44. The van der Waals surface area contributed by atoms with Crippen LogP contribution in [0.3, 0.4) is 0 Å². The SMILES string of the molecule is CC.CC.CCCCC1CCC(CC)CC1. The third kappa shape index (κ3) is 9.24. The van der Waals surface area contributed by atoms with Crippen molar-refractivity contribution in [2.75, 3.05) is 0 Å². The zero-order chi connectivity index (χ0) is 12.8. The molecule has 0 N–H and O–H groups in total. The molecule has 0 aromatic carbocycles. The van der Waals surface area contributed by atoms with E-state index < -0.39 is 0 Å². The molecule has 16 heavy (non-hydrogen) atoms. The van der Waals surface area contributed by atoms with Gasteiger partial charge in [0.05, 0.1) is 0 Å². The summed E-state index contributed by atoms with van der Waals surface area (Å²) in [5, 5.41) is 0. The van der Waals surface area contributed by atoms with Crippen molar-refractivity contribution in [1.29, 1.82) is 0 Å². The average Bonchev–Trinajstić information content (AvgIpc) is 2.41. The van der Waals surface area contributed by atoms with Gasteiger partial charge in [0, 0.05) is 0 Å². The number of unbranched alkanes of at least 4 members (excludes halogenated alkanes) is 1. The number of hydrogen-bond acceptors (Lipinski definition) is 0.